The minimum atomic E-state index is -0.318. The van der Waals surface area contributed by atoms with Crippen molar-refractivity contribution in [2.75, 3.05) is 7.11 Å². The van der Waals surface area contributed by atoms with E-state index in [4.69, 9.17) is 9.47 Å². The molecular formula is C32H39N3O5S. The quantitative estimate of drug-likeness (QED) is 0.203. The van der Waals surface area contributed by atoms with Crippen molar-refractivity contribution in [1.29, 1.82) is 0 Å². The minimum Gasteiger partial charge on any atom is -0.462 e. The highest BCUT2D eigenvalue weighted by molar-refractivity contribution is 7.19. The van der Waals surface area contributed by atoms with E-state index in [0.29, 0.717) is 19.7 Å². The molecule has 2 aromatic carbocycles. The van der Waals surface area contributed by atoms with Gasteiger partial charge in [0.2, 0.25) is 6.41 Å². The number of nitrogens with one attached hydrogen (secondary N) is 1. The molecule has 9 heteroatoms. The van der Waals surface area contributed by atoms with Crippen LogP contribution in [0.4, 0.5) is 0 Å². The topological polar surface area (TPSA) is 95.4 Å². The molecule has 0 radical (unpaired) electrons. The van der Waals surface area contributed by atoms with E-state index in [1.807, 2.05) is 90.1 Å². The Bertz CT molecular complexity index is 1540. The second kappa shape index (κ2) is 14.2. The van der Waals surface area contributed by atoms with Crippen LogP contribution >= 0.6 is 11.3 Å². The summed E-state index contributed by atoms with van der Waals surface area (Å²) in [7, 11) is 1.71. The van der Waals surface area contributed by atoms with Gasteiger partial charge in [-0.05, 0) is 65.3 Å². The molecule has 8 nitrogen and oxygen atoms in total. The molecule has 0 saturated heterocycles. The number of aromatic nitrogens is 3. The van der Waals surface area contributed by atoms with Gasteiger partial charge in [0.25, 0.3) is 6.47 Å². The number of carbonyl (C=O) groups excluding carboxylic acids is 2. The molecule has 0 saturated carbocycles. The van der Waals surface area contributed by atoms with Crippen LogP contribution in [0.1, 0.15) is 52.0 Å². The maximum Gasteiger partial charge on any atom is 0.293 e. The lowest BCUT2D eigenvalue weighted by atomic mass is 10.2. The lowest BCUT2D eigenvalue weighted by molar-refractivity contribution is -0.138. The van der Waals surface area contributed by atoms with Crippen molar-refractivity contribution in [3.63, 3.8) is 0 Å². The first-order chi connectivity index (χ1) is 19.5. The summed E-state index contributed by atoms with van der Waals surface area (Å²) in [6, 6.07) is 22.0. The van der Waals surface area contributed by atoms with Crippen molar-refractivity contribution in [1.82, 2.24) is 14.8 Å². The number of H-pyrrole nitrogens is 1. The van der Waals surface area contributed by atoms with Gasteiger partial charge in [-0.1, -0.05) is 48.5 Å². The Morgan fingerprint density at radius 3 is 2.15 bits per heavy atom. The third-order valence-corrected chi connectivity index (χ3v) is 6.87. The summed E-state index contributed by atoms with van der Waals surface area (Å²) in [6.45, 7) is 13.1. The Hall–Kier alpha value is -3.79. The number of benzene rings is 2. The number of rotatable bonds is 7. The highest BCUT2D eigenvalue weighted by Crippen LogP contribution is 2.35. The molecule has 218 valence electrons. The summed E-state index contributed by atoms with van der Waals surface area (Å²) in [5.74, 6) is 0. The van der Waals surface area contributed by atoms with Gasteiger partial charge in [0, 0.05) is 17.4 Å². The van der Waals surface area contributed by atoms with E-state index in [1.54, 1.807) is 23.0 Å². The number of nitrogens with zero attached hydrogens (tertiary/aromatic N) is 2. The number of hydrogen-bond acceptors (Lipinski definition) is 7. The second-order valence-corrected chi connectivity index (χ2v) is 12.3. The third kappa shape index (κ3) is 9.38. The van der Waals surface area contributed by atoms with Gasteiger partial charge in [-0.3, -0.25) is 19.3 Å². The molecule has 0 bridgehead atoms. The van der Waals surface area contributed by atoms with Crippen molar-refractivity contribution in [3.05, 3.63) is 77.2 Å². The van der Waals surface area contributed by atoms with E-state index in [2.05, 4.69) is 33.1 Å². The Labute approximate surface area is 245 Å². The summed E-state index contributed by atoms with van der Waals surface area (Å²) in [6.07, 6.45) is 0.843. The van der Waals surface area contributed by atoms with Crippen LogP contribution in [0.3, 0.4) is 0 Å². The summed E-state index contributed by atoms with van der Waals surface area (Å²) < 4.78 is 18.0. The van der Waals surface area contributed by atoms with E-state index in [-0.39, 0.29) is 11.2 Å². The van der Waals surface area contributed by atoms with Crippen LogP contribution in [0.15, 0.2) is 66.7 Å². The summed E-state index contributed by atoms with van der Waals surface area (Å²) in [4.78, 5) is 22.4. The minimum absolute atomic E-state index is 0.0417. The van der Waals surface area contributed by atoms with Gasteiger partial charge in [0.1, 0.15) is 11.3 Å². The number of fused-ring (bicyclic) bond motifs is 2. The number of aromatic amines is 1. The SMILES string of the molecule is CC(C)(C)OC=O.COC(C)(C)C.O=Cn1c(-c2n[nH]c3cc(COCc4ccccc4)sc23)cc2ccccc21. The maximum absolute atomic E-state index is 11.7. The number of methoxy groups -OCH3 is 1. The van der Waals surface area contributed by atoms with E-state index in [1.165, 1.54) is 0 Å². The average molecular weight is 578 g/mol. The summed E-state index contributed by atoms with van der Waals surface area (Å²) in [5, 5.41) is 8.57. The molecule has 0 unspecified atom stereocenters. The zero-order chi connectivity index (χ0) is 30.0. The molecule has 3 aromatic heterocycles. The first-order valence-electron chi connectivity index (χ1n) is 13.3. The fraction of sp³-hybridized carbons (Fsp3) is 0.344. The largest absolute Gasteiger partial charge is 0.462 e. The number of carbonyl (C=O) groups is 2. The molecule has 0 aliphatic rings. The lowest BCUT2D eigenvalue weighted by Gasteiger charge is -2.14. The van der Waals surface area contributed by atoms with Crippen LogP contribution in [0.25, 0.3) is 32.5 Å². The lowest BCUT2D eigenvalue weighted by Crippen LogP contribution is -2.17. The monoisotopic (exact) mass is 577 g/mol. The van der Waals surface area contributed by atoms with Crippen LogP contribution in [0.5, 0.6) is 0 Å². The Balaban J connectivity index is 0.000000299. The molecule has 0 amide bonds. The summed E-state index contributed by atoms with van der Waals surface area (Å²) in [5.41, 5.74) is 4.30. The standard InChI is InChI=1S/C22H17N3O2S.C5H10O2.C5H12O/c26-14-25-19-9-5-4-8-16(19)10-20(25)21-22-18(23-24-21)11-17(28-22)13-27-12-15-6-2-1-3-7-15;1-5(2,3)7-4-6;1-5(2,3)6-4/h1-11,14H,12-13H2,(H,23,24);4H,1-3H3;1-4H3. The zero-order valence-corrected chi connectivity index (χ0v) is 25.6. The van der Waals surface area contributed by atoms with Crippen molar-refractivity contribution >= 4 is 45.3 Å². The normalized spacial score (nSPS) is 11.4. The highest BCUT2D eigenvalue weighted by Gasteiger charge is 2.17. The fourth-order valence-electron chi connectivity index (χ4n) is 3.57. The molecule has 0 fully saturated rings. The van der Waals surface area contributed by atoms with Gasteiger partial charge in [0.15, 0.2) is 0 Å². The van der Waals surface area contributed by atoms with Gasteiger partial charge < -0.3 is 14.2 Å². The van der Waals surface area contributed by atoms with Crippen molar-refractivity contribution in [2.45, 2.75) is 66.0 Å². The van der Waals surface area contributed by atoms with E-state index >= 15 is 0 Å². The first kappa shape index (κ1) is 31.7. The van der Waals surface area contributed by atoms with Crippen molar-refractivity contribution in [2.24, 2.45) is 0 Å². The Morgan fingerprint density at radius 1 is 0.902 bits per heavy atom. The van der Waals surface area contributed by atoms with Gasteiger partial charge in [-0.2, -0.15) is 5.10 Å². The third-order valence-electron chi connectivity index (χ3n) is 5.75. The number of ether oxygens (including phenoxy) is 3. The number of thiophene rings is 1. The average Bonchev–Trinajstić information content (AvgIpc) is 3.61. The molecule has 0 aliphatic carbocycles. The van der Waals surface area contributed by atoms with Gasteiger partial charge in [-0.25, -0.2) is 0 Å². The zero-order valence-electron chi connectivity index (χ0n) is 24.8. The van der Waals surface area contributed by atoms with E-state index in [9.17, 15) is 9.59 Å². The molecule has 0 atom stereocenters. The second-order valence-electron chi connectivity index (χ2n) is 11.2. The van der Waals surface area contributed by atoms with E-state index < -0.39 is 0 Å². The fourth-order valence-corrected chi connectivity index (χ4v) is 4.61. The maximum atomic E-state index is 11.7. The first-order valence-corrected chi connectivity index (χ1v) is 14.1. The Kier molecular flexibility index (Phi) is 11.0. The predicted molar refractivity (Wildman–Crippen MR) is 166 cm³/mol. The van der Waals surface area contributed by atoms with Gasteiger partial charge in [-0.15, -0.1) is 11.3 Å². The molecule has 5 aromatic rings. The molecule has 1 N–H and O–H groups in total. The predicted octanol–water partition coefficient (Wildman–Crippen LogP) is 7.39. The van der Waals surface area contributed by atoms with Crippen LogP contribution < -0.4 is 0 Å². The Morgan fingerprint density at radius 2 is 1.56 bits per heavy atom. The van der Waals surface area contributed by atoms with Gasteiger partial charge in [0.05, 0.1) is 40.2 Å². The van der Waals surface area contributed by atoms with Gasteiger partial charge >= 0.3 is 0 Å². The molecule has 0 spiro atoms. The number of hydrogen-bond donors (Lipinski definition) is 1. The highest BCUT2D eigenvalue weighted by atomic mass is 32.1. The van der Waals surface area contributed by atoms with Crippen LogP contribution in [-0.4, -0.2) is 46.0 Å². The van der Waals surface area contributed by atoms with Crippen molar-refractivity contribution in [3.8, 4) is 11.4 Å². The molecule has 3 heterocycles. The smallest absolute Gasteiger partial charge is 0.293 e. The molecular weight excluding hydrogens is 538 g/mol. The number of para-hydroxylation sites is 1. The molecule has 5 rings (SSSR count). The van der Waals surface area contributed by atoms with E-state index in [0.717, 1.165) is 49.4 Å². The molecule has 0 aliphatic heterocycles. The van der Waals surface area contributed by atoms with Crippen LogP contribution in [0, 0.1) is 0 Å². The summed E-state index contributed by atoms with van der Waals surface area (Å²) >= 11 is 1.64. The molecule has 41 heavy (non-hydrogen) atoms. The van der Waals surface area contributed by atoms with Crippen LogP contribution in [0.2, 0.25) is 0 Å². The van der Waals surface area contributed by atoms with Crippen molar-refractivity contribution < 1.29 is 23.8 Å². The van der Waals surface area contributed by atoms with Crippen LogP contribution in [-0.2, 0) is 37.0 Å².